The first-order chi connectivity index (χ1) is 18.0. The van der Waals surface area contributed by atoms with Crippen molar-refractivity contribution in [3.8, 4) is 5.75 Å². The van der Waals surface area contributed by atoms with Gasteiger partial charge in [0.2, 0.25) is 0 Å². The maximum atomic E-state index is 16.1. The lowest BCUT2D eigenvalue weighted by molar-refractivity contribution is -0.125. The van der Waals surface area contributed by atoms with E-state index in [0.29, 0.717) is 16.9 Å². The fourth-order valence-electron chi connectivity index (χ4n) is 5.23. The van der Waals surface area contributed by atoms with Gasteiger partial charge in [-0.15, -0.1) is 0 Å². The molecule has 0 fully saturated rings. The highest BCUT2D eigenvalue weighted by atomic mass is 19.1. The Morgan fingerprint density at radius 3 is 2.22 bits per heavy atom. The van der Waals surface area contributed by atoms with Crippen LogP contribution in [0.5, 0.6) is 5.75 Å². The summed E-state index contributed by atoms with van der Waals surface area (Å²) in [5.74, 6) is -0.160. The molecule has 8 heteroatoms. The molecule has 0 aliphatic carbocycles. The van der Waals surface area contributed by atoms with Crippen LogP contribution in [-0.2, 0) is 15.9 Å². The van der Waals surface area contributed by atoms with Crippen molar-refractivity contribution in [3.05, 3.63) is 147 Å². The molecule has 7 nitrogen and oxygen atoms in total. The van der Waals surface area contributed by atoms with Gasteiger partial charge in [0.25, 0.3) is 5.56 Å². The molecule has 2 heterocycles. The molecule has 0 bridgehead atoms. The molecule has 1 aromatic heterocycles. The van der Waals surface area contributed by atoms with Crippen LogP contribution in [-0.4, -0.2) is 34.5 Å². The van der Waals surface area contributed by atoms with Crippen molar-refractivity contribution in [3.63, 3.8) is 0 Å². The highest BCUT2D eigenvalue weighted by Crippen LogP contribution is 2.55. The Kier molecular flexibility index (Phi) is 6.37. The van der Waals surface area contributed by atoms with E-state index in [4.69, 9.17) is 9.47 Å². The number of aliphatic hydroxyl groups is 1. The number of benzene rings is 3. The van der Waals surface area contributed by atoms with Gasteiger partial charge in [0.15, 0.2) is 5.72 Å². The van der Waals surface area contributed by atoms with Gasteiger partial charge in [-0.05, 0) is 35.4 Å². The van der Waals surface area contributed by atoms with Crippen LogP contribution in [0, 0.1) is 5.82 Å². The third-order valence-electron chi connectivity index (χ3n) is 6.76. The molecule has 0 amide bonds. The monoisotopic (exact) mass is 500 g/mol. The number of nitrogens with one attached hydrogen (secondary N) is 1. The van der Waals surface area contributed by atoms with Gasteiger partial charge in [-0.2, -0.15) is 0 Å². The van der Waals surface area contributed by atoms with E-state index in [1.54, 1.807) is 18.2 Å². The molecule has 0 saturated carbocycles. The minimum absolute atomic E-state index is 0.172. The minimum Gasteiger partial charge on any atom is -0.497 e. The molecule has 4 aromatic rings. The van der Waals surface area contributed by atoms with Gasteiger partial charge in [-0.25, -0.2) is 9.18 Å². The van der Waals surface area contributed by atoms with Crippen molar-refractivity contribution in [2.24, 2.45) is 0 Å². The second kappa shape index (κ2) is 9.65. The molecule has 2 atom stereocenters. The van der Waals surface area contributed by atoms with Crippen molar-refractivity contribution in [2.45, 2.75) is 17.2 Å². The number of rotatable bonds is 7. The van der Waals surface area contributed by atoms with Gasteiger partial charge in [-0.3, -0.25) is 14.3 Å². The highest BCUT2D eigenvalue weighted by molar-refractivity contribution is 5.57. The van der Waals surface area contributed by atoms with Crippen molar-refractivity contribution >= 4 is 0 Å². The first-order valence-electron chi connectivity index (χ1n) is 11.7. The molecule has 0 saturated heterocycles. The van der Waals surface area contributed by atoms with E-state index in [2.05, 4.69) is 4.98 Å². The Bertz CT molecular complexity index is 1510. The summed E-state index contributed by atoms with van der Waals surface area (Å²) < 4.78 is 29.4. The number of aromatic amines is 1. The highest BCUT2D eigenvalue weighted by Gasteiger charge is 2.60. The van der Waals surface area contributed by atoms with Crippen LogP contribution in [0.25, 0.3) is 0 Å². The average molecular weight is 501 g/mol. The third-order valence-corrected chi connectivity index (χ3v) is 6.76. The predicted octanol–water partition coefficient (Wildman–Crippen LogP) is 3.32. The Labute approximate surface area is 212 Å². The molecule has 37 heavy (non-hydrogen) atoms. The van der Waals surface area contributed by atoms with Gasteiger partial charge in [0.05, 0.1) is 13.7 Å². The van der Waals surface area contributed by atoms with E-state index < -0.39 is 34.3 Å². The molecule has 1 aliphatic heterocycles. The van der Waals surface area contributed by atoms with E-state index >= 15 is 4.39 Å². The second-order valence-corrected chi connectivity index (χ2v) is 8.70. The topological polar surface area (TPSA) is 93.6 Å². The Morgan fingerprint density at radius 2 is 1.68 bits per heavy atom. The number of ether oxygens (including phenoxy) is 2. The van der Waals surface area contributed by atoms with Crippen molar-refractivity contribution < 1.29 is 19.0 Å². The van der Waals surface area contributed by atoms with Crippen LogP contribution < -0.4 is 16.0 Å². The fraction of sp³-hybridized carbons (Fsp3) is 0.172. The number of aromatic nitrogens is 2. The Hall–Kier alpha value is -4.27. The number of nitrogens with zero attached hydrogens (tertiary/aromatic N) is 1. The number of aliphatic hydroxyl groups excluding tert-OH is 1. The molecule has 5 rings (SSSR count). The summed E-state index contributed by atoms with van der Waals surface area (Å²) in [6.45, 7) is -0.378. The third kappa shape index (κ3) is 3.82. The molecule has 1 aliphatic rings. The number of halogens is 1. The molecule has 0 radical (unpaired) electrons. The molecule has 0 spiro atoms. The summed E-state index contributed by atoms with van der Waals surface area (Å²) in [6.07, 6.45) is 3.80. The fourth-order valence-corrected chi connectivity index (χ4v) is 5.23. The lowest BCUT2D eigenvalue weighted by atomic mass is 9.62. The standard InChI is InChI=1S/C29H25FN2O5/c1-36-22-12-13-25(30)24(18-22)29(20-8-4-2-5-9-20,21-10-6-3-7-11-21)28(16-14-23(19-33)37-28)32-17-15-26(34)31-27(32)35/h2-18,23,33H,19H2,1H3,(H,31,34,35)/t23-,28-/m0/s1. The Balaban J connectivity index is 2.03. The van der Waals surface area contributed by atoms with Crippen LogP contribution in [0.1, 0.15) is 16.7 Å². The first-order valence-corrected chi connectivity index (χ1v) is 11.7. The SMILES string of the molecule is COc1ccc(F)c(C(c2ccccc2)(c2ccccc2)[C@]2(n3ccc(=O)[nH]c3=O)C=C[C@@H](CO)O2)c1. The number of H-pyrrole nitrogens is 1. The average Bonchev–Trinajstić information content (AvgIpc) is 3.37. The quantitative estimate of drug-likeness (QED) is 0.300. The van der Waals surface area contributed by atoms with Gasteiger partial charge in [-0.1, -0.05) is 66.7 Å². The van der Waals surface area contributed by atoms with Gasteiger partial charge in [0, 0.05) is 17.8 Å². The Morgan fingerprint density at radius 1 is 1.03 bits per heavy atom. The second-order valence-electron chi connectivity index (χ2n) is 8.70. The van der Waals surface area contributed by atoms with Crippen LogP contribution in [0.3, 0.4) is 0 Å². The minimum atomic E-state index is -1.75. The first kappa shape index (κ1) is 24.4. The maximum absolute atomic E-state index is 16.1. The summed E-state index contributed by atoms with van der Waals surface area (Å²) in [5.41, 5.74) is -3.24. The lowest BCUT2D eigenvalue weighted by Crippen LogP contribution is -2.59. The summed E-state index contributed by atoms with van der Waals surface area (Å²) in [6, 6.07) is 23.8. The van der Waals surface area contributed by atoms with Crippen molar-refractivity contribution in [1.82, 2.24) is 9.55 Å². The molecule has 2 N–H and O–H groups in total. The largest absolute Gasteiger partial charge is 0.497 e. The summed E-state index contributed by atoms with van der Waals surface area (Å²) in [7, 11) is 1.49. The lowest BCUT2D eigenvalue weighted by Gasteiger charge is -2.49. The van der Waals surface area contributed by atoms with Crippen molar-refractivity contribution in [2.75, 3.05) is 13.7 Å². The van der Waals surface area contributed by atoms with Gasteiger partial charge in [0.1, 0.15) is 23.1 Å². The van der Waals surface area contributed by atoms with E-state index in [1.807, 2.05) is 60.7 Å². The molecule has 0 unspecified atom stereocenters. The summed E-state index contributed by atoms with van der Waals surface area (Å²) >= 11 is 0. The number of methoxy groups -OCH3 is 1. The predicted molar refractivity (Wildman–Crippen MR) is 136 cm³/mol. The summed E-state index contributed by atoms with van der Waals surface area (Å²) in [4.78, 5) is 27.7. The van der Waals surface area contributed by atoms with E-state index in [0.717, 1.165) is 0 Å². The van der Waals surface area contributed by atoms with Crippen LogP contribution in [0.15, 0.2) is 113 Å². The molecular formula is C29H25FN2O5. The van der Waals surface area contributed by atoms with Gasteiger partial charge >= 0.3 is 5.69 Å². The number of hydrogen-bond acceptors (Lipinski definition) is 5. The normalized spacial score (nSPS) is 19.2. The smallest absolute Gasteiger partial charge is 0.330 e. The number of hydrogen-bond donors (Lipinski definition) is 2. The van der Waals surface area contributed by atoms with Crippen LogP contribution >= 0.6 is 0 Å². The van der Waals surface area contributed by atoms with E-state index in [9.17, 15) is 14.7 Å². The maximum Gasteiger partial charge on any atom is 0.330 e. The zero-order valence-electron chi connectivity index (χ0n) is 20.0. The van der Waals surface area contributed by atoms with E-state index in [-0.39, 0.29) is 12.2 Å². The van der Waals surface area contributed by atoms with Crippen LogP contribution in [0.2, 0.25) is 0 Å². The zero-order valence-corrected chi connectivity index (χ0v) is 20.0. The zero-order chi connectivity index (χ0) is 26.0. The van der Waals surface area contributed by atoms with Gasteiger partial charge < -0.3 is 14.6 Å². The summed E-state index contributed by atoms with van der Waals surface area (Å²) in [5, 5.41) is 10.1. The molecule has 188 valence electrons. The van der Waals surface area contributed by atoms with Crippen molar-refractivity contribution in [1.29, 1.82) is 0 Å². The molecular weight excluding hydrogens is 475 g/mol. The van der Waals surface area contributed by atoms with E-state index in [1.165, 1.54) is 36.1 Å². The van der Waals surface area contributed by atoms with Crippen LogP contribution in [0.4, 0.5) is 4.39 Å². The molecule has 3 aromatic carbocycles.